The third-order valence-corrected chi connectivity index (χ3v) is 4.63. The minimum Gasteiger partial charge on any atom is -0.444 e. The minimum absolute atomic E-state index is 0.0577. The van der Waals surface area contributed by atoms with Crippen LogP contribution in [0.25, 0.3) is 11.1 Å². The molecular formula is C25H28N2O7. The maximum atomic E-state index is 12.5. The Labute approximate surface area is 197 Å². The van der Waals surface area contributed by atoms with Gasteiger partial charge in [0, 0.05) is 17.2 Å². The summed E-state index contributed by atoms with van der Waals surface area (Å²) in [4.78, 5) is 48.0. The minimum atomic E-state index is -1.16. The van der Waals surface area contributed by atoms with Crippen molar-refractivity contribution in [3.05, 3.63) is 70.3 Å². The van der Waals surface area contributed by atoms with Gasteiger partial charge in [-0.25, -0.2) is 14.4 Å². The summed E-state index contributed by atoms with van der Waals surface area (Å²) >= 11 is 0. The Morgan fingerprint density at radius 1 is 1.00 bits per heavy atom. The molecule has 2 rings (SSSR count). The molecular weight excluding hydrogens is 440 g/mol. The number of benzene rings is 2. The van der Waals surface area contributed by atoms with Gasteiger partial charge in [0.15, 0.2) is 0 Å². The van der Waals surface area contributed by atoms with Crippen molar-refractivity contribution in [1.29, 1.82) is 0 Å². The van der Waals surface area contributed by atoms with E-state index in [0.717, 1.165) is 0 Å². The summed E-state index contributed by atoms with van der Waals surface area (Å²) in [5.41, 5.74) is -1.05. The molecule has 0 atom stereocenters. The van der Waals surface area contributed by atoms with Crippen molar-refractivity contribution in [2.24, 2.45) is 5.41 Å². The van der Waals surface area contributed by atoms with Gasteiger partial charge in [-0.3, -0.25) is 15.4 Å². The number of hydrogen-bond acceptors (Lipinski definition) is 7. The third kappa shape index (κ3) is 6.74. The molecule has 2 aromatic rings. The Kier molecular flexibility index (Phi) is 7.61. The zero-order valence-corrected chi connectivity index (χ0v) is 20.1. The van der Waals surface area contributed by atoms with E-state index in [4.69, 9.17) is 9.47 Å². The van der Waals surface area contributed by atoms with Gasteiger partial charge in [0.05, 0.1) is 10.6 Å². The molecule has 0 heterocycles. The van der Waals surface area contributed by atoms with Gasteiger partial charge in [-0.05, 0) is 43.9 Å². The molecule has 0 aliphatic heterocycles. The van der Waals surface area contributed by atoms with E-state index < -0.39 is 39.7 Å². The predicted octanol–water partition coefficient (Wildman–Crippen LogP) is 5.89. The molecule has 180 valence electrons. The molecule has 0 radical (unpaired) electrons. The first-order chi connectivity index (χ1) is 15.6. The standard InChI is InChI=1S/C25H28N2O7/c1-15(24(2,3)4)21(28)33-22(29)18-13-12-16(14-20(18)27(31)32)17-10-8-9-11-19(17)26-23(30)34-25(5,6)7/h8-14H,1H2,2-7H3,(H,26,30). The maximum Gasteiger partial charge on any atom is 0.412 e. The van der Waals surface area contributed by atoms with Crippen molar-refractivity contribution in [2.75, 3.05) is 5.32 Å². The van der Waals surface area contributed by atoms with E-state index in [0.29, 0.717) is 16.8 Å². The van der Waals surface area contributed by atoms with Crippen molar-refractivity contribution in [3.63, 3.8) is 0 Å². The number of rotatable bonds is 5. The molecule has 0 spiro atoms. The molecule has 0 fully saturated rings. The second-order valence-electron chi connectivity index (χ2n) is 9.57. The molecule has 2 aromatic carbocycles. The number of nitrogens with zero attached hydrogens (tertiary/aromatic N) is 1. The number of para-hydroxylation sites is 1. The summed E-state index contributed by atoms with van der Waals surface area (Å²) in [7, 11) is 0. The van der Waals surface area contributed by atoms with Gasteiger partial charge in [0.1, 0.15) is 11.2 Å². The summed E-state index contributed by atoms with van der Waals surface area (Å²) in [6, 6.07) is 10.5. The van der Waals surface area contributed by atoms with Gasteiger partial charge >= 0.3 is 18.0 Å². The normalized spacial score (nSPS) is 11.4. The average Bonchev–Trinajstić information content (AvgIpc) is 2.70. The molecule has 9 nitrogen and oxygen atoms in total. The first-order valence-electron chi connectivity index (χ1n) is 10.4. The van der Waals surface area contributed by atoms with Gasteiger partial charge in [-0.15, -0.1) is 0 Å². The number of ether oxygens (including phenoxy) is 2. The molecule has 0 bridgehead atoms. The quantitative estimate of drug-likeness (QED) is 0.190. The van der Waals surface area contributed by atoms with Crippen LogP contribution in [0.3, 0.4) is 0 Å². The van der Waals surface area contributed by atoms with Crippen LogP contribution < -0.4 is 5.32 Å². The number of amides is 1. The first-order valence-corrected chi connectivity index (χ1v) is 10.4. The lowest BCUT2D eigenvalue weighted by Crippen LogP contribution is -2.27. The zero-order chi connectivity index (χ0) is 25.8. The largest absolute Gasteiger partial charge is 0.444 e. The maximum absolute atomic E-state index is 12.5. The number of nitro groups is 1. The highest BCUT2D eigenvalue weighted by atomic mass is 16.6. The highest BCUT2D eigenvalue weighted by Crippen LogP contribution is 2.33. The number of hydrogen-bond donors (Lipinski definition) is 1. The van der Waals surface area contributed by atoms with Gasteiger partial charge in [0.25, 0.3) is 5.69 Å². The van der Waals surface area contributed by atoms with E-state index in [-0.39, 0.29) is 11.1 Å². The Bertz CT molecular complexity index is 1150. The second kappa shape index (κ2) is 9.86. The SMILES string of the molecule is C=C(C(=O)OC(=O)c1ccc(-c2ccccc2NC(=O)OC(C)(C)C)cc1[N+](=O)[O-])C(C)(C)C. The zero-order valence-electron chi connectivity index (χ0n) is 20.1. The lowest BCUT2D eigenvalue weighted by molar-refractivity contribution is -0.385. The fourth-order valence-electron chi connectivity index (χ4n) is 2.79. The number of nitro benzene ring substituents is 1. The molecule has 34 heavy (non-hydrogen) atoms. The highest BCUT2D eigenvalue weighted by molar-refractivity contribution is 6.05. The molecule has 1 N–H and O–H groups in total. The van der Waals surface area contributed by atoms with E-state index in [1.807, 2.05) is 0 Å². The van der Waals surface area contributed by atoms with Crippen LogP contribution in [0.1, 0.15) is 51.9 Å². The van der Waals surface area contributed by atoms with Gasteiger partial charge in [-0.2, -0.15) is 0 Å². The lowest BCUT2D eigenvalue weighted by Gasteiger charge is -2.20. The second-order valence-corrected chi connectivity index (χ2v) is 9.57. The molecule has 0 saturated heterocycles. The Morgan fingerprint density at radius 2 is 1.62 bits per heavy atom. The topological polar surface area (TPSA) is 125 Å². The number of carbonyl (C=O) groups excluding carboxylic acids is 3. The molecule has 9 heteroatoms. The monoisotopic (exact) mass is 468 g/mol. The number of anilines is 1. The fraction of sp³-hybridized carbons (Fsp3) is 0.320. The smallest absolute Gasteiger partial charge is 0.412 e. The molecule has 0 aliphatic rings. The van der Waals surface area contributed by atoms with Crippen LogP contribution in [0.2, 0.25) is 0 Å². The molecule has 0 aliphatic carbocycles. The van der Waals surface area contributed by atoms with Crippen LogP contribution in [-0.4, -0.2) is 28.6 Å². The van der Waals surface area contributed by atoms with Crippen LogP contribution >= 0.6 is 0 Å². The summed E-state index contributed by atoms with van der Waals surface area (Å²) < 4.78 is 10.1. The van der Waals surface area contributed by atoms with E-state index in [2.05, 4.69) is 11.9 Å². The highest BCUT2D eigenvalue weighted by Gasteiger charge is 2.29. The Balaban J connectivity index is 2.40. The summed E-state index contributed by atoms with van der Waals surface area (Å²) in [5, 5.41) is 14.3. The third-order valence-electron chi connectivity index (χ3n) is 4.63. The summed E-state index contributed by atoms with van der Waals surface area (Å²) in [5.74, 6) is -2.11. The van der Waals surface area contributed by atoms with E-state index in [9.17, 15) is 24.5 Å². The van der Waals surface area contributed by atoms with Crippen LogP contribution in [-0.2, 0) is 14.3 Å². The predicted molar refractivity (Wildman–Crippen MR) is 127 cm³/mol. The van der Waals surface area contributed by atoms with Crippen LogP contribution in [0.4, 0.5) is 16.2 Å². The summed E-state index contributed by atoms with van der Waals surface area (Å²) in [6.45, 7) is 14.0. The van der Waals surface area contributed by atoms with Crippen molar-refractivity contribution < 1.29 is 28.8 Å². The van der Waals surface area contributed by atoms with Crippen molar-refractivity contribution >= 4 is 29.4 Å². The first kappa shape index (κ1) is 26.2. The van der Waals surface area contributed by atoms with Crippen LogP contribution in [0.15, 0.2) is 54.6 Å². The summed E-state index contributed by atoms with van der Waals surface area (Å²) in [6.07, 6.45) is -0.688. The van der Waals surface area contributed by atoms with Crippen molar-refractivity contribution in [1.82, 2.24) is 0 Å². The van der Waals surface area contributed by atoms with Gasteiger partial charge in [0.2, 0.25) is 0 Å². The molecule has 1 amide bonds. The average molecular weight is 469 g/mol. The van der Waals surface area contributed by atoms with Crippen LogP contribution in [0.5, 0.6) is 0 Å². The molecule has 0 unspecified atom stereocenters. The van der Waals surface area contributed by atoms with Crippen LogP contribution in [0, 0.1) is 15.5 Å². The Morgan fingerprint density at radius 3 is 2.18 bits per heavy atom. The molecule has 0 saturated carbocycles. The molecule has 0 aromatic heterocycles. The van der Waals surface area contributed by atoms with E-state index in [1.54, 1.807) is 65.8 Å². The van der Waals surface area contributed by atoms with E-state index >= 15 is 0 Å². The van der Waals surface area contributed by atoms with Crippen molar-refractivity contribution in [3.8, 4) is 11.1 Å². The van der Waals surface area contributed by atoms with Crippen molar-refractivity contribution in [2.45, 2.75) is 47.1 Å². The van der Waals surface area contributed by atoms with Gasteiger partial charge in [-0.1, -0.05) is 51.6 Å². The number of nitrogens with one attached hydrogen (secondary N) is 1. The van der Waals surface area contributed by atoms with E-state index in [1.165, 1.54) is 18.2 Å². The Hall–Kier alpha value is -4.01. The number of esters is 2. The number of carbonyl (C=O) groups is 3. The lowest BCUT2D eigenvalue weighted by atomic mass is 9.88. The van der Waals surface area contributed by atoms with Gasteiger partial charge < -0.3 is 9.47 Å². The fourth-order valence-corrected chi connectivity index (χ4v) is 2.79.